The monoisotopic (exact) mass is 333 g/mol. The Hall–Kier alpha value is -1.32. The number of halogens is 1. The van der Waals surface area contributed by atoms with Crippen molar-refractivity contribution in [3.05, 3.63) is 58.1 Å². The van der Waals surface area contributed by atoms with E-state index in [9.17, 15) is 0 Å². The minimum absolute atomic E-state index is 0.618. The van der Waals surface area contributed by atoms with Gasteiger partial charge in [-0.1, -0.05) is 47.5 Å². The Bertz CT molecular complexity index is 551. The van der Waals surface area contributed by atoms with Gasteiger partial charge in [0.1, 0.15) is 11.5 Å². The largest absolute Gasteiger partial charge is 0.457 e. The van der Waals surface area contributed by atoms with E-state index in [0.29, 0.717) is 6.54 Å². The predicted molar refractivity (Wildman–Crippen MR) is 87.4 cm³/mol. The standard InChI is InChI=1S/C17H20BrNO/c1-2-3-13-4-8-16(9-5-13)20-17-12-15(18)7-6-14(17)10-11-19/h4-9,12H,2-3,10-11,19H2,1H3. The third-order valence-electron chi connectivity index (χ3n) is 3.13. The lowest BCUT2D eigenvalue weighted by atomic mass is 10.1. The minimum Gasteiger partial charge on any atom is -0.457 e. The van der Waals surface area contributed by atoms with Crippen molar-refractivity contribution >= 4 is 15.9 Å². The number of hydrogen-bond acceptors (Lipinski definition) is 2. The molecule has 0 spiro atoms. The van der Waals surface area contributed by atoms with Crippen LogP contribution in [0.1, 0.15) is 24.5 Å². The highest BCUT2D eigenvalue weighted by Crippen LogP contribution is 2.29. The maximum Gasteiger partial charge on any atom is 0.131 e. The summed E-state index contributed by atoms with van der Waals surface area (Å²) in [5, 5.41) is 0. The van der Waals surface area contributed by atoms with Crippen molar-refractivity contribution in [3.8, 4) is 11.5 Å². The maximum atomic E-state index is 5.99. The van der Waals surface area contributed by atoms with E-state index in [4.69, 9.17) is 10.5 Å². The van der Waals surface area contributed by atoms with Crippen molar-refractivity contribution in [2.24, 2.45) is 5.73 Å². The molecule has 106 valence electrons. The second kappa shape index (κ2) is 7.46. The van der Waals surface area contributed by atoms with E-state index >= 15 is 0 Å². The molecule has 0 bridgehead atoms. The molecule has 0 aliphatic carbocycles. The lowest BCUT2D eigenvalue weighted by Crippen LogP contribution is -2.04. The molecule has 2 aromatic carbocycles. The van der Waals surface area contributed by atoms with Crippen LogP contribution < -0.4 is 10.5 Å². The van der Waals surface area contributed by atoms with E-state index in [2.05, 4.69) is 41.1 Å². The lowest BCUT2D eigenvalue weighted by Gasteiger charge is -2.11. The quantitative estimate of drug-likeness (QED) is 0.831. The lowest BCUT2D eigenvalue weighted by molar-refractivity contribution is 0.475. The van der Waals surface area contributed by atoms with Gasteiger partial charge in [-0.2, -0.15) is 0 Å². The van der Waals surface area contributed by atoms with Gasteiger partial charge < -0.3 is 10.5 Å². The molecule has 0 unspecified atom stereocenters. The van der Waals surface area contributed by atoms with Crippen LogP contribution >= 0.6 is 15.9 Å². The van der Waals surface area contributed by atoms with Crippen LogP contribution in [-0.2, 0) is 12.8 Å². The topological polar surface area (TPSA) is 35.2 Å². The molecule has 2 nitrogen and oxygen atoms in total. The molecule has 2 rings (SSSR count). The number of hydrogen-bond donors (Lipinski definition) is 1. The molecular formula is C17H20BrNO. The Morgan fingerprint density at radius 3 is 2.45 bits per heavy atom. The molecule has 2 N–H and O–H groups in total. The average Bonchev–Trinajstić information content (AvgIpc) is 2.44. The zero-order valence-corrected chi connectivity index (χ0v) is 13.3. The number of rotatable bonds is 6. The molecule has 0 amide bonds. The highest BCUT2D eigenvalue weighted by atomic mass is 79.9. The Morgan fingerprint density at radius 1 is 1.05 bits per heavy atom. The van der Waals surface area contributed by atoms with Crippen LogP contribution in [-0.4, -0.2) is 6.54 Å². The summed E-state index contributed by atoms with van der Waals surface area (Å²) in [5.74, 6) is 1.73. The zero-order chi connectivity index (χ0) is 14.4. The van der Waals surface area contributed by atoms with Gasteiger partial charge in [-0.15, -0.1) is 0 Å². The average molecular weight is 334 g/mol. The first-order valence-electron chi connectivity index (χ1n) is 6.98. The summed E-state index contributed by atoms with van der Waals surface area (Å²) < 4.78 is 7.00. The van der Waals surface area contributed by atoms with Crippen molar-refractivity contribution in [2.75, 3.05) is 6.54 Å². The van der Waals surface area contributed by atoms with Gasteiger partial charge in [-0.3, -0.25) is 0 Å². The Kier molecular flexibility index (Phi) is 5.62. The maximum absolute atomic E-state index is 5.99. The molecule has 0 radical (unpaired) electrons. The number of nitrogens with two attached hydrogens (primary N) is 1. The van der Waals surface area contributed by atoms with Gasteiger partial charge in [0, 0.05) is 4.47 Å². The highest BCUT2D eigenvalue weighted by Gasteiger charge is 2.05. The molecule has 0 saturated carbocycles. The van der Waals surface area contributed by atoms with E-state index in [1.165, 1.54) is 5.56 Å². The van der Waals surface area contributed by atoms with E-state index in [1.54, 1.807) is 0 Å². The van der Waals surface area contributed by atoms with Crippen LogP contribution in [0.25, 0.3) is 0 Å². The van der Waals surface area contributed by atoms with Crippen molar-refractivity contribution in [1.29, 1.82) is 0 Å². The molecule has 3 heteroatoms. The van der Waals surface area contributed by atoms with E-state index in [0.717, 1.165) is 40.8 Å². The third kappa shape index (κ3) is 4.09. The van der Waals surface area contributed by atoms with E-state index in [1.807, 2.05) is 24.3 Å². The van der Waals surface area contributed by atoms with Crippen molar-refractivity contribution in [1.82, 2.24) is 0 Å². The smallest absolute Gasteiger partial charge is 0.131 e. The summed E-state index contributed by atoms with van der Waals surface area (Å²) in [6.45, 7) is 2.80. The number of ether oxygens (including phenoxy) is 1. The zero-order valence-electron chi connectivity index (χ0n) is 11.7. The highest BCUT2D eigenvalue weighted by molar-refractivity contribution is 9.10. The number of benzene rings is 2. The van der Waals surface area contributed by atoms with Crippen LogP contribution in [0.3, 0.4) is 0 Å². The Morgan fingerprint density at radius 2 is 1.80 bits per heavy atom. The second-order valence-corrected chi connectivity index (χ2v) is 5.70. The summed E-state index contributed by atoms with van der Waals surface area (Å²) in [5.41, 5.74) is 8.12. The molecule has 0 aliphatic heterocycles. The van der Waals surface area contributed by atoms with Crippen LogP contribution in [0, 0.1) is 0 Å². The molecular weight excluding hydrogens is 314 g/mol. The van der Waals surface area contributed by atoms with Gasteiger partial charge in [0.15, 0.2) is 0 Å². The third-order valence-corrected chi connectivity index (χ3v) is 3.63. The number of aryl methyl sites for hydroxylation is 1. The van der Waals surface area contributed by atoms with Gasteiger partial charge in [0.25, 0.3) is 0 Å². The molecule has 0 heterocycles. The van der Waals surface area contributed by atoms with Gasteiger partial charge >= 0.3 is 0 Å². The van der Waals surface area contributed by atoms with Crippen molar-refractivity contribution in [3.63, 3.8) is 0 Å². The van der Waals surface area contributed by atoms with E-state index in [-0.39, 0.29) is 0 Å². The molecule has 0 aliphatic rings. The summed E-state index contributed by atoms with van der Waals surface area (Å²) in [4.78, 5) is 0. The van der Waals surface area contributed by atoms with Crippen LogP contribution in [0.4, 0.5) is 0 Å². The predicted octanol–water partition coefficient (Wildman–Crippen LogP) is 4.70. The van der Waals surface area contributed by atoms with Crippen LogP contribution in [0.2, 0.25) is 0 Å². The fourth-order valence-corrected chi connectivity index (χ4v) is 2.47. The van der Waals surface area contributed by atoms with Gasteiger partial charge in [-0.25, -0.2) is 0 Å². The minimum atomic E-state index is 0.618. The first-order chi connectivity index (χ1) is 9.72. The summed E-state index contributed by atoms with van der Waals surface area (Å²) in [6, 6.07) is 14.4. The molecule has 0 atom stereocenters. The van der Waals surface area contributed by atoms with E-state index < -0.39 is 0 Å². The van der Waals surface area contributed by atoms with Crippen molar-refractivity contribution in [2.45, 2.75) is 26.2 Å². The fourth-order valence-electron chi connectivity index (χ4n) is 2.13. The molecule has 0 saturated heterocycles. The SMILES string of the molecule is CCCc1ccc(Oc2cc(Br)ccc2CCN)cc1. The van der Waals surface area contributed by atoms with Crippen LogP contribution in [0.15, 0.2) is 46.9 Å². The first-order valence-corrected chi connectivity index (χ1v) is 7.77. The molecule has 20 heavy (non-hydrogen) atoms. The van der Waals surface area contributed by atoms with Gasteiger partial charge in [-0.05, 0) is 54.8 Å². The van der Waals surface area contributed by atoms with Gasteiger partial charge in [0.05, 0.1) is 0 Å². The fraction of sp³-hybridized carbons (Fsp3) is 0.294. The second-order valence-electron chi connectivity index (χ2n) is 4.79. The summed E-state index contributed by atoms with van der Waals surface area (Å²) in [7, 11) is 0. The first kappa shape index (κ1) is 15.1. The summed E-state index contributed by atoms with van der Waals surface area (Å²) in [6.07, 6.45) is 3.08. The Balaban J connectivity index is 2.18. The normalized spacial score (nSPS) is 10.6. The van der Waals surface area contributed by atoms with Crippen LogP contribution in [0.5, 0.6) is 11.5 Å². The molecule has 0 fully saturated rings. The molecule has 2 aromatic rings. The molecule has 0 aromatic heterocycles. The summed E-state index contributed by atoms with van der Waals surface area (Å²) >= 11 is 3.48. The van der Waals surface area contributed by atoms with Gasteiger partial charge in [0.2, 0.25) is 0 Å². The van der Waals surface area contributed by atoms with Crippen molar-refractivity contribution < 1.29 is 4.74 Å². The Labute approximate surface area is 129 Å².